The second-order valence-electron chi connectivity index (χ2n) is 5.61. The van der Waals surface area contributed by atoms with Gasteiger partial charge in [0.1, 0.15) is 16.4 Å². The molecule has 3 nitrogen and oxygen atoms in total. The highest BCUT2D eigenvalue weighted by molar-refractivity contribution is 7.05. The van der Waals surface area contributed by atoms with Crippen LogP contribution in [0.5, 0.6) is 0 Å². The minimum atomic E-state index is -0.979. The molecule has 1 aliphatic carbocycles. The molecule has 1 aromatic heterocycles. The Hall–Kier alpha value is -1.26. The summed E-state index contributed by atoms with van der Waals surface area (Å²) in [5.41, 5.74) is -0.0313. The van der Waals surface area contributed by atoms with Crippen LogP contribution >= 0.6 is 11.5 Å². The van der Waals surface area contributed by atoms with E-state index in [4.69, 9.17) is 0 Å². The third-order valence-corrected chi connectivity index (χ3v) is 5.19. The molecule has 1 saturated carbocycles. The highest BCUT2D eigenvalue weighted by atomic mass is 32.1. The molecule has 2 aromatic rings. The summed E-state index contributed by atoms with van der Waals surface area (Å²) in [4.78, 5) is 4.49. The molecule has 0 saturated heterocycles. The number of aryl methyl sites for hydroxylation is 1. The standard InChI is InChI=1S/C16H20N2OS/c1-12-17-15(20-18-12)16(19,13-8-4-2-5-9-13)14-10-6-3-7-11-14/h2,4-5,8-9,14,19H,3,6-7,10-11H2,1H3. The Balaban J connectivity index is 2.06. The Kier molecular flexibility index (Phi) is 3.85. The minimum absolute atomic E-state index is 0.242. The van der Waals surface area contributed by atoms with Crippen LogP contribution in [0.1, 0.15) is 48.5 Å². The van der Waals surface area contributed by atoms with Gasteiger partial charge in [-0.2, -0.15) is 4.37 Å². The van der Waals surface area contributed by atoms with E-state index in [2.05, 4.69) is 9.36 Å². The van der Waals surface area contributed by atoms with Crippen LogP contribution in [0.2, 0.25) is 0 Å². The van der Waals surface area contributed by atoms with E-state index in [-0.39, 0.29) is 5.92 Å². The molecule has 0 spiro atoms. The van der Waals surface area contributed by atoms with Gasteiger partial charge < -0.3 is 5.11 Å². The number of nitrogens with zero attached hydrogens (tertiary/aromatic N) is 2. The molecule has 1 aliphatic rings. The molecule has 0 bridgehead atoms. The predicted molar refractivity (Wildman–Crippen MR) is 80.7 cm³/mol. The van der Waals surface area contributed by atoms with Gasteiger partial charge in [0.25, 0.3) is 0 Å². The Bertz CT molecular complexity index is 563. The van der Waals surface area contributed by atoms with Gasteiger partial charge in [0.05, 0.1) is 0 Å². The molecule has 3 rings (SSSR count). The fraction of sp³-hybridized carbons (Fsp3) is 0.500. The fourth-order valence-corrected chi connectivity index (χ4v) is 4.05. The molecule has 1 heterocycles. The first-order valence-corrected chi connectivity index (χ1v) is 8.07. The smallest absolute Gasteiger partial charge is 0.150 e. The highest BCUT2D eigenvalue weighted by Gasteiger charge is 2.43. The molecule has 0 aliphatic heterocycles. The molecule has 1 atom stereocenters. The van der Waals surface area contributed by atoms with E-state index in [9.17, 15) is 5.11 Å². The molecular weight excluding hydrogens is 268 g/mol. The van der Waals surface area contributed by atoms with Crippen LogP contribution in [0, 0.1) is 12.8 Å². The third-order valence-electron chi connectivity index (χ3n) is 4.26. The monoisotopic (exact) mass is 288 g/mol. The molecule has 1 unspecified atom stereocenters. The molecule has 0 amide bonds. The fourth-order valence-electron chi connectivity index (χ4n) is 3.20. The van der Waals surface area contributed by atoms with Crippen molar-refractivity contribution in [2.75, 3.05) is 0 Å². The van der Waals surface area contributed by atoms with Crippen LogP contribution in [0.25, 0.3) is 0 Å². The lowest BCUT2D eigenvalue weighted by Gasteiger charge is -2.37. The van der Waals surface area contributed by atoms with Crippen LogP contribution in [0.4, 0.5) is 0 Å². The molecule has 4 heteroatoms. The van der Waals surface area contributed by atoms with Crippen LogP contribution in [-0.4, -0.2) is 14.5 Å². The zero-order chi connectivity index (χ0) is 14.0. The zero-order valence-corrected chi connectivity index (χ0v) is 12.6. The second kappa shape index (κ2) is 5.62. The Morgan fingerprint density at radius 3 is 2.45 bits per heavy atom. The van der Waals surface area contributed by atoms with Crippen molar-refractivity contribution in [3.05, 3.63) is 46.7 Å². The quantitative estimate of drug-likeness (QED) is 0.937. The number of hydrogen-bond donors (Lipinski definition) is 1. The summed E-state index contributed by atoms with van der Waals surface area (Å²) in [6, 6.07) is 9.96. The van der Waals surface area contributed by atoms with E-state index < -0.39 is 5.60 Å². The number of aliphatic hydroxyl groups is 1. The third kappa shape index (κ3) is 2.38. The average molecular weight is 288 g/mol. The van der Waals surface area contributed by atoms with E-state index in [1.165, 1.54) is 30.8 Å². The lowest BCUT2D eigenvalue weighted by atomic mass is 9.73. The summed E-state index contributed by atoms with van der Waals surface area (Å²) in [5.74, 6) is 0.987. The van der Waals surface area contributed by atoms with Crippen molar-refractivity contribution in [2.24, 2.45) is 5.92 Å². The van der Waals surface area contributed by atoms with Gasteiger partial charge >= 0.3 is 0 Å². The van der Waals surface area contributed by atoms with E-state index in [1.807, 2.05) is 37.3 Å². The maximum absolute atomic E-state index is 11.5. The van der Waals surface area contributed by atoms with Crippen molar-refractivity contribution in [3.8, 4) is 0 Å². The molecule has 106 valence electrons. The van der Waals surface area contributed by atoms with Crippen LogP contribution < -0.4 is 0 Å². The molecule has 1 fully saturated rings. The predicted octanol–water partition coefficient (Wildman–Crippen LogP) is 3.66. The van der Waals surface area contributed by atoms with Gasteiger partial charge in [-0.1, -0.05) is 49.6 Å². The van der Waals surface area contributed by atoms with Crippen LogP contribution in [-0.2, 0) is 5.60 Å². The van der Waals surface area contributed by atoms with Crippen molar-refractivity contribution in [1.29, 1.82) is 0 Å². The summed E-state index contributed by atoms with van der Waals surface area (Å²) in [7, 11) is 0. The van der Waals surface area contributed by atoms with Crippen molar-refractivity contribution in [1.82, 2.24) is 9.36 Å². The van der Waals surface area contributed by atoms with E-state index in [1.54, 1.807) is 0 Å². The van der Waals surface area contributed by atoms with Gasteiger partial charge in [0.15, 0.2) is 0 Å². The van der Waals surface area contributed by atoms with Gasteiger partial charge in [0, 0.05) is 0 Å². The first-order valence-electron chi connectivity index (χ1n) is 7.30. The Labute approximate surface area is 123 Å². The summed E-state index contributed by atoms with van der Waals surface area (Å²) in [5, 5.41) is 12.2. The summed E-state index contributed by atoms with van der Waals surface area (Å²) in [6.07, 6.45) is 5.78. The SMILES string of the molecule is Cc1nsc(C(O)(c2ccccc2)C2CCCCC2)n1. The lowest BCUT2D eigenvalue weighted by Crippen LogP contribution is -2.37. The van der Waals surface area contributed by atoms with Gasteiger partial charge in [-0.3, -0.25) is 0 Å². The molecule has 1 N–H and O–H groups in total. The number of hydrogen-bond acceptors (Lipinski definition) is 4. The molecule has 0 radical (unpaired) electrons. The number of aromatic nitrogens is 2. The van der Waals surface area contributed by atoms with Gasteiger partial charge in [-0.05, 0) is 42.8 Å². The highest BCUT2D eigenvalue weighted by Crippen LogP contribution is 2.44. The first kappa shape index (κ1) is 13.7. The van der Waals surface area contributed by atoms with Gasteiger partial charge in [-0.15, -0.1) is 0 Å². The maximum atomic E-state index is 11.5. The zero-order valence-electron chi connectivity index (χ0n) is 11.7. The van der Waals surface area contributed by atoms with Crippen LogP contribution in [0.3, 0.4) is 0 Å². The lowest BCUT2D eigenvalue weighted by molar-refractivity contribution is -0.000962. The van der Waals surface area contributed by atoms with Crippen molar-refractivity contribution < 1.29 is 5.11 Å². The van der Waals surface area contributed by atoms with E-state index in [0.29, 0.717) is 0 Å². The Morgan fingerprint density at radius 1 is 1.15 bits per heavy atom. The summed E-state index contributed by atoms with van der Waals surface area (Å²) in [6.45, 7) is 1.88. The first-order chi connectivity index (χ1) is 9.71. The van der Waals surface area contributed by atoms with Gasteiger partial charge in [0.2, 0.25) is 0 Å². The Morgan fingerprint density at radius 2 is 1.85 bits per heavy atom. The minimum Gasteiger partial charge on any atom is -0.378 e. The number of benzene rings is 1. The second-order valence-corrected chi connectivity index (χ2v) is 6.37. The van der Waals surface area contributed by atoms with Gasteiger partial charge in [-0.25, -0.2) is 4.98 Å². The molecule has 1 aromatic carbocycles. The summed E-state index contributed by atoms with van der Waals surface area (Å²) >= 11 is 1.33. The van der Waals surface area contributed by atoms with E-state index in [0.717, 1.165) is 29.2 Å². The maximum Gasteiger partial charge on any atom is 0.150 e. The topological polar surface area (TPSA) is 46.0 Å². The van der Waals surface area contributed by atoms with E-state index >= 15 is 0 Å². The van der Waals surface area contributed by atoms with Crippen molar-refractivity contribution in [2.45, 2.75) is 44.6 Å². The van der Waals surface area contributed by atoms with Crippen molar-refractivity contribution in [3.63, 3.8) is 0 Å². The molecular formula is C16H20N2OS. The van der Waals surface area contributed by atoms with Crippen molar-refractivity contribution >= 4 is 11.5 Å². The molecule has 20 heavy (non-hydrogen) atoms. The normalized spacial score (nSPS) is 19.7. The largest absolute Gasteiger partial charge is 0.378 e. The summed E-state index contributed by atoms with van der Waals surface area (Å²) < 4.78 is 4.27. The average Bonchev–Trinajstić information content (AvgIpc) is 2.95. The van der Waals surface area contributed by atoms with Crippen LogP contribution in [0.15, 0.2) is 30.3 Å². The number of rotatable bonds is 3.